The van der Waals surface area contributed by atoms with Crippen LogP contribution in [-0.2, 0) is 4.79 Å². The molecule has 0 fully saturated rings. The lowest BCUT2D eigenvalue weighted by atomic mass is 10.2. The van der Waals surface area contributed by atoms with E-state index in [0.717, 1.165) is 10.0 Å². The molecule has 0 saturated carbocycles. The van der Waals surface area contributed by atoms with Crippen LogP contribution in [0.15, 0.2) is 40.9 Å². The molecule has 0 radical (unpaired) electrons. The summed E-state index contributed by atoms with van der Waals surface area (Å²) >= 11 is 9.49. The Bertz CT molecular complexity index is 823. The second-order valence-corrected chi connectivity index (χ2v) is 6.45. The summed E-state index contributed by atoms with van der Waals surface area (Å²) in [7, 11) is 3.00. The van der Waals surface area contributed by atoms with E-state index in [1.807, 2.05) is 25.1 Å². The van der Waals surface area contributed by atoms with Gasteiger partial charge in [-0.2, -0.15) is 0 Å². The zero-order chi connectivity index (χ0) is 19.1. The lowest BCUT2D eigenvalue weighted by Gasteiger charge is -2.12. The summed E-state index contributed by atoms with van der Waals surface area (Å²) in [5, 5.41) is 3.15. The number of benzene rings is 2. The maximum absolute atomic E-state index is 12.3. The smallest absolute Gasteiger partial charge is 0.248 e. The van der Waals surface area contributed by atoms with Crippen LogP contribution in [0.1, 0.15) is 12.5 Å². The molecule has 0 atom stereocenters. The van der Waals surface area contributed by atoms with Crippen molar-refractivity contribution in [3.8, 4) is 17.2 Å². The minimum Gasteiger partial charge on any atom is -0.495 e. The van der Waals surface area contributed by atoms with Crippen LogP contribution >= 0.6 is 27.5 Å². The van der Waals surface area contributed by atoms with Crippen molar-refractivity contribution in [3.05, 3.63) is 51.5 Å². The molecule has 0 aromatic heterocycles. The molecule has 2 aromatic carbocycles. The number of carbonyl (C=O) groups excluding carboxylic acids is 1. The predicted octanol–water partition coefficient (Wildman–Crippen LogP) is 5.17. The highest BCUT2D eigenvalue weighted by Crippen LogP contribution is 2.35. The van der Waals surface area contributed by atoms with Gasteiger partial charge in [0.1, 0.15) is 17.2 Å². The summed E-state index contributed by atoms with van der Waals surface area (Å²) in [6.07, 6.45) is 3.11. The molecule has 0 aliphatic heterocycles. The van der Waals surface area contributed by atoms with Crippen molar-refractivity contribution in [2.24, 2.45) is 0 Å². The Balaban J connectivity index is 2.21. The Morgan fingerprint density at radius 3 is 2.54 bits per heavy atom. The van der Waals surface area contributed by atoms with E-state index in [-0.39, 0.29) is 5.91 Å². The normalized spacial score (nSPS) is 10.7. The van der Waals surface area contributed by atoms with Crippen molar-refractivity contribution < 1.29 is 19.0 Å². The maximum Gasteiger partial charge on any atom is 0.248 e. The van der Waals surface area contributed by atoms with Gasteiger partial charge in [-0.3, -0.25) is 4.79 Å². The van der Waals surface area contributed by atoms with Gasteiger partial charge in [0.25, 0.3) is 0 Å². The molecule has 7 heteroatoms. The third-order valence-corrected chi connectivity index (χ3v) is 4.21. The number of carbonyl (C=O) groups is 1. The number of rotatable bonds is 7. The Hall–Kier alpha value is -2.18. The SMILES string of the molecule is CCOc1ccc(Br)cc1C=CC(=O)Nc1cc(OC)c(Cl)cc1OC. The monoisotopic (exact) mass is 439 g/mol. The molecular weight excluding hydrogens is 422 g/mol. The van der Waals surface area contributed by atoms with Crippen molar-refractivity contribution >= 4 is 45.2 Å². The van der Waals surface area contributed by atoms with Crippen LogP contribution in [-0.4, -0.2) is 26.7 Å². The lowest BCUT2D eigenvalue weighted by molar-refractivity contribution is -0.111. The lowest BCUT2D eigenvalue weighted by Crippen LogP contribution is -2.09. The van der Waals surface area contributed by atoms with Gasteiger partial charge in [0.15, 0.2) is 0 Å². The number of anilines is 1. The molecule has 0 spiro atoms. The summed E-state index contributed by atoms with van der Waals surface area (Å²) in [6, 6.07) is 8.80. The van der Waals surface area contributed by atoms with Crippen LogP contribution in [0.5, 0.6) is 17.2 Å². The van der Waals surface area contributed by atoms with Crippen LogP contribution in [0.3, 0.4) is 0 Å². The highest BCUT2D eigenvalue weighted by atomic mass is 79.9. The third-order valence-electron chi connectivity index (χ3n) is 3.42. The molecule has 5 nitrogen and oxygen atoms in total. The summed E-state index contributed by atoms with van der Waals surface area (Å²) in [5.74, 6) is 1.26. The molecule has 0 bridgehead atoms. The summed E-state index contributed by atoms with van der Waals surface area (Å²) in [5.41, 5.74) is 1.25. The summed E-state index contributed by atoms with van der Waals surface area (Å²) < 4.78 is 16.9. The van der Waals surface area contributed by atoms with Crippen LogP contribution in [0.25, 0.3) is 6.08 Å². The predicted molar refractivity (Wildman–Crippen MR) is 108 cm³/mol. The van der Waals surface area contributed by atoms with Gasteiger partial charge in [-0.25, -0.2) is 0 Å². The molecule has 1 amide bonds. The second kappa shape index (κ2) is 9.50. The molecule has 138 valence electrons. The van der Waals surface area contributed by atoms with Crippen molar-refractivity contribution in [1.29, 1.82) is 0 Å². The number of hydrogen-bond acceptors (Lipinski definition) is 4. The molecule has 0 aliphatic carbocycles. The van der Waals surface area contributed by atoms with Gasteiger partial charge >= 0.3 is 0 Å². The zero-order valence-corrected chi connectivity index (χ0v) is 17.0. The van der Waals surface area contributed by atoms with Crippen molar-refractivity contribution in [1.82, 2.24) is 0 Å². The van der Waals surface area contributed by atoms with Gasteiger partial charge < -0.3 is 19.5 Å². The molecule has 2 rings (SSSR count). The second-order valence-electron chi connectivity index (χ2n) is 5.12. The Morgan fingerprint density at radius 1 is 1.15 bits per heavy atom. The highest BCUT2D eigenvalue weighted by Gasteiger charge is 2.11. The first-order valence-corrected chi connectivity index (χ1v) is 8.98. The number of amides is 1. The maximum atomic E-state index is 12.3. The molecule has 1 N–H and O–H groups in total. The first kappa shape index (κ1) is 20.1. The van der Waals surface area contributed by atoms with E-state index in [1.54, 1.807) is 18.2 Å². The van der Waals surface area contributed by atoms with E-state index in [0.29, 0.717) is 34.6 Å². The molecule has 26 heavy (non-hydrogen) atoms. The van der Waals surface area contributed by atoms with E-state index < -0.39 is 0 Å². The van der Waals surface area contributed by atoms with Gasteiger partial charge in [-0.1, -0.05) is 27.5 Å². The van der Waals surface area contributed by atoms with Gasteiger partial charge in [0.05, 0.1) is 31.5 Å². The molecule has 2 aromatic rings. The number of halogens is 2. The Morgan fingerprint density at radius 2 is 1.88 bits per heavy atom. The van der Waals surface area contributed by atoms with E-state index in [4.69, 9.17) is 25.8 Å². The van der Waals surface area contributed by atoms with Gasteiger partial charge in [-0.15, -0.1) is 0 Å². The number of nitrogens with one attached hydrogen (secondary N) is 1. The van der Waals surface area contributed by atoms with Gasteiger partial charge in [0.2, 0.25) is 5.91 Å². The van der Waals surface area contributed by atoms with Crippen LogP contribution in [0, 0.1) is 0 Å². The average Bonchev–Trinajstić information content (AvgIpc) is 2.63. The van der Waals surface area contributed by atoms with Gasteiger partial charge in [-0.05, 0) is 31.2 Å². The standard InChI is InChI=1S/C19H19BrClNO4/c1-4-26-16-7-6-13(20)9-12(16)5-8-19(23)22-15-11-17(24-2)14(21)10-18(15)25-3/h5-11H,4H2,1-3H3,(H,22,23). The highest BCUT2D eigenvalue weighted by molar-refractivity contribution is 9.10. The van der Waals surface area contributed by atoms with E-state index in [1.165, 1.54) is 20.3 Å². The topological polar surface area (TPSA) is 56.8 Å². The Kier molecular flexibility index (Phi) is 7.36. The molecule has 0 aliphatic rings. The van der Waals surface area contributed by atoms with Crippen molar-refractivity contribution in [3.63, 3.8) is 0 Å². The van der Waals surface area contributed by atoms with Crippen molar-refractivity contribution in [2.45, 2.75) is 6.92 Å². The molecule has 0 heterocycles. The first-order valence-electron chi connectivity index (χ1n) is 7.81. The van der Waals surface area contributed by atoms with Gasteiger partial charge in [0, 0.05) is 28.2 Å². The van der Waals surface area contributed by atoms with E-state index in [2.05, 4.69) is 21.2 Å². The fourth-order valence-corrected chi connectivity index (χ4v) is 2.84. The third kappa shape index (κ3) is 5.16. The summed E-state index contributed by atoms with van der Waals surface area (Å²) in [4.78, 5) is 12.3. The fourth-order valence-electron chi connectivity index (χ4n) is 2.23. The van der Waals surface area contributed by atoms with E-state index >= 15 is 0 Å². The number of ether oxygens (including phenoxy) is 3. The number of hydrogen-bond donors (Lipinski definition) is 1. The van der Waals surface area contributed by atoms with Crippen LogP contribution in [0.4, 0.5) is 5.69 Å². The zero-order valence-electron chi connectivity index (χ0n) is 14.6. The average molecular weight is 441 g/mol. The first-order chi connectivity index (χ1) is 12.5. The van der Waals surface area contributed by atoms with Crippen molar-refractivity contribution in [2.75, 3.05) is 26.1 Å². The molecule has 0 saturated heterocycles. The minimum absolute atomic E-state index is 0.324. The number of methoxy groups -OCH3 is 2. The Labute approximate surface area is 166 Å². The quantitative estimate of drug-likeness (QED) is 0.603. The molecule has 0 unspecified atom stereocenters. The largest absolute Gasteiger partial charge is 0.495 e. The van der Waals surface area contributed by atoms with Crippen LogP contribution in [0.2, 0.25) is 5.02 Å². The van der Waals surface area contributed by atoms with E-state index in [9.17, 15) is 4.79 Å². The minimum atomic E-state index is -0.324. The molecular formula is C19H19BrClNO4. The summed E-state index contributed by atoms with van der Waals surface area (Å²) in [6.45, 7) is 2.44. The van der Waals surface area contributed by atoms with Crippen LogP contribution < -0.4 is 19.5 Å². The fraction of sp³-hybridized carbons (Fsp3) is 0.211.